The molecule has 0 spiro atoms. The van der Waals surface area contributed by atoms with Gasteiger partial charge in [-0.05, 0) is 74.5 Å². The van der Waals surface area contributed by atoms with Crippen molar-refractivity contribution in [3.8, 4) is 18.3 Å². The predicted octanol–water partition coefficient (Wildman–Crippen LogP) is 7.53. The Bertz CT molecular complexity index is 1750. The van der Waals surface area contributed by atoms with E-state index in [0.717, 1.165) is 39.2 Å². The zero-order valence-electron chi connectivity index (χ0n) is 21.6. The number of ether oxygens (including phenoxy) is 1. The van der Waals surface area contributed by atoms with Crippen molar-refractivity contribution in [2.45, 2.75) is 13.8 Å². The lowest BCUT2D eigenvalue weighted by atomic mass is 10.1. The molecule has 188 valence electrons. The average molecular weight is 508 g/mol. The van der Waals surface area contributed by atoms with Gasteiger partial charge in [-0.3, -0.25) is 4.79 Å². The zero-order valence-corrected chi connectivity index (χ0v) is 21.6. The Labute approximate surface area is 227 Å². The first-order chi connectivity index (χ1) is 19.0. The number of aryl methyl sites for hydroxylation is 2. The smallest absolute Gasteiger partial charge is 0.260 e. The normalized spacial score (nSPS) is 13.2. The van der Waals surface area contributed by atoms with Crippen LogP contribution in [0.15, 0.2) is 97.1 Å². The van der Waals surface area contributed by atoms with Crippen LogP contribution in [0, 0.1) is 26.4 Å². The van der Waals surface area contributed by atoms with Crippen molar-refractivity contribution >= 4 is 45.6 Å². The van der Waals surface area contributed by atoms with Crippen LogP contribution in [0.2, 0.25) is 0 Å². The van der Waals surface area contributed by atoms with E-state index in [1.54, 1.807) is 6.07 Å². The van der Waals surface area contributed by atoms with Crippen LogP contribution in [0.5, 0.6) is 5.75 Å². The quantitative estimate of drug-likeness (QED) is 0.250. The van der Waals surface area contributed by atoms with Crippen LogP contribution >= 0.6 is 0 Å². The lowest BCUT2D eigenvalue weighted by molar-refractivity contribution is 0.0979. The third-order valence-electron chi connectivity index (χ3n) is 6.79. The summed E-state index contributed by atoms with van der Waals surface area (Å²) in [6.07, 6.45) is 9.29. The van der Waals surface area contributed by atoms with Crippen molar-refractivity contribution < 1.29 is 9.53 Å². The number of hydrogen-bond acceptors (Lipinski definition) is 4. The summed E-state index contributed by atoms with van der Waals surface area (Å²) in [5.41, 5.74) is 9.05. The maximum Gasteiger partial charge on any atom is 0.260 e. The molecule has 1 N–H and O–H groups in total. The summed E-state index contributed by atoms with van der Waals surface area (Å²) in [6.45, 7) is 4.18. The number of benzene rings is 4. The molecule has 2 heterocycles. The van der Waals surface area contributed by atoms with Crippen molar-refractivity contribution in [3.05, 3.63) is 125 Å². The predicted molar refractivity (Wildman–Crippen MR) is 157 cm³/mol. The molecule has 1 aliphatic rings. The van der Waals surface area contributed by atoms with E-state index >= 15 is 0 Å². The lowest BCUT2D eigenvalue weighted by Gasteiger charge is -2.26. The van der Waals surface area contributed by atoms with Gasteiger partial charge < -0.3 is 15.0 Å². The van der Waals surface area contributed by atoms with Crippen molar-refractivity contribution in [2.75, 3.05) is 4.90 Å². The lowest BCUT2D eigenvalue weighted by Crippen LogP contribution is -2.12. The summed E-state index contributed by atoms with van der Waals surface area (Å²) in [7, 11) is 0. The van der Waals surface area contributed by atoms with Crippen LogP contribution in [-0.4, -0.2) is 10.9 Å². The molecule has 39 heavy (non-hydrogen) atoms. The SMILES string of the molecule is C#COc1cccc2c1C(=O)N/C2=C/c1ccc2cc(N(c3ccc(C)cc3)c3ccc(C)cc3)ccc2n1. The van der Waals surface area contributed by atoms with Crippen LogP contribution in [-0.2, 0) is 0 Å². The first kappa shape index (κ1) is 24.0. The number of nitrogens with one attached hydrogen (secondary N) is 1. The molecule has 1 aromatic heterocycles. The average Bonchev–Trinajstić information content (AvgIpc) is 3.26. The van der Waals surface area contributed by atoms with Gasteiger partial charge in [0.15, 0.2) is 5.75 Å². The monoisotopic (exact) mass is 507 g/mol. The van der Waals surface area contributed by atoms with Gasteiger partial charge >= 0.3 is 0 Å². The Kier molecular flexibility index (Phi) is 6.07. The van der Waals surface area contributed by atoms with E-state index in [-0.39, 0.29) is 5.91 Å². The molecule has 4 aromatic carbocycles. The second-order valence-corrected chi connectivity index (χ2v) is 9.53. The van der Waals surface area contributed by atoms with Crippen LogP contribution in [0.4, 0.5) is 17.1 Å². The fourth-order valence-corrected chi connectivity index (χ4v) is 4.84. The van der Waals surface area contributed by atoms with Gasteiger partial charge in [-0.2, -0.15) is 0 Å². The number of fused-ring (bicyclic) bond motifs is 2. The van der Waals surface area contributed by atoms with Crippen LogP contribution in [0.25, 0.3) is 22.7 Å². The van der Waals surface area contributed by atoms with Crippen molar-refractivity contribution in [3.63, 3.8) is 0 Å². The van der Waals surface area contributed by atoms with E-state index in [0.29, 0.717) is 17.0 Å². The molecule has 0 saturated heterocycles. The van der Waals surface area contributed by atoms with Gasteiger partial charge in [0.25, 0.3) is 5.91 Å². The Balaban J connectivity index is 1.38. The van der Waals surface area contributed by atoms with Gasteiger partial charge in [-0.25, -0.2) is 4.98 Å². The van der Waals surface area contributed by atoms with Crippen molar-refractivity contribution in [1.29, 1.82) is 0 Å². The minimum atomic E-state index is -0.250. The van der Waals surface area contributed by atoms with Crippen LogP contribution in [0.1, 0.15) is 32.7 Å². The van der Waals surface area contributed by atoms with Gasteiger partial charge in [0.05, 0.1) is 22.5 Å². The highest BCUT2D eigenvalue weighted by Crippen LogP contribution is 2.37. The van der Waals surface area contributed by atoms with E-state index < -0.39 is 0 Å². The van der Waals surface area contributed by atoms with Crippen molar-refractivity contribution in [1.82, 2.24) is 10.3 Å². The Morgan fingerprint density at radius 2 is 1.51 bits per heavy atom. The van der Waals surface area contributed by atoms with E-state index in [9.17, 15) is 4.79 Å². The Morgan fingerprint density at radius 3 is 2.18 bits per heavy atom. The number of amides is 1. The van der Waals surface area contributed by atoms with Gasteiger partial charge in [-0.1, -0.05) is 60.0 Å². The number of hydrogen-bond donors (Lipinski definition) is 1. The second kappa shape index (κ2) is 9.85. The number of anilines is 3. The number of nitrogens with zero attached hydrogens (tertiary/aromatic N) is 2. The summed E-state index contributed by atoms with van der Waals surface area (Å²) >= 11 is 0. The number of pyridine rings is 1. The topological polar surface area (TPSA) is 54.5 Å². The van der Waals surface area contributed by atoms with E-state index in [1.807, 2.05) is 30.3 Å². The molecule has 5 nitrogen and oxygen atoms in total. The molecule has 5 aromatic rings. The summed E-state index contributed by atoms with van der Waals surface area (Å²) in [6, 6.07) is 32.7. The van der Waals surface area contributed by atoms with Crippen LogP contribution in [0.3, 0.4) is 0 Å². The summed E-state index contributed by atoms with van der Waals surface area (Å²) in [5.74, 6) is 0.112. The molecule has 5 heteroatoms. The van der Waals surface area contributed by atoms with Gasteiger partial charge in [0.2, 0.25) is 0 Å². The molecular weight excluding hydrogens is 482 g/mol. The maximum absolute atomic E-state index is 12.6. The third kappa shape index (κ3) is 4.60. The molecule has 0 unspecified atom stereocenters. The molecule has 0 radical (unpaired) electrons. The summed E-state index contributed by atoms with van der Waals surface area (Å²) in [5, 5.41) is 3.92. The van der Waals surface area contributed by atoms with E-state index in [2.05, 4.69) is 96.9 Å². The first-order valence-electron chi connectivity index (χ1n) is 12.6. The molecule has 1 aliphatic heterocycles. The fourth-order valence-electron chi connectivity index (χ4n) is 4.84. The van der Waals surface area contributed by atoms with E-state index in [1.165, 1.54) is 11.1 Å². The molecule has 0 fully saturated rings. The number of carbonyl (C=O) groups is 1. The molecule has 0 atom stereocenters. The Hall–Kier alpha value is -5.34. The molecule has 6 rings (SSSR count). The third-order valence-corrected chi connectivity index (χ3v) is 6.79. The summed E-state index contributed by atoms with van der Waals surface area (Å²) < 4.78 is 5.20. The molecule has 0 aliphatic carbocycles. The molecule has 1 amide bonds. The summed E-state index contributed by atoms with van der Waals surface area (Å²) in [4.78, 5) is 19.7. The molecule has 0 bridgehead atoms. The largest absolute Gasteiger partial charge is 0.407 e. The second-order valence-electron chi connectivity index (χ2n) is 9.53. The highest BCUT2D eigenvalue weighted by Gasteiger charge is 2.27. The van der Waals surface area contributed by atoms with Gasteiger partial charge in [0.1, 0.15) is 6.11 Å². The zero-order chi connectivity index (χ0) is 26.9. The number of rotatable bonds is 5. The minimum absolute atomic E-state index is 0.250. The van der Waals surface area contributed by atoms with Gasteiger partial charge in [-0.15, -0.1) is 0 Å². The Morgan fingerprint density at radius 1 is 0.846 bits per heavy atom. The number of aromatic nitrogens is 1. The van der Waals surface area contributed by atoms with Gasteiger partial charge in [0, 0.05) is 28.0 Å². The van der Waals surface area contributed by atoms with Crippen molar-refractivity contribution in [2.24, 2.45) is 0 Å². The maximum atomic E-state index is 12.6. The highest BCUT2D eigenvalue weighted by molar-refractivity contribution is 6.13. The molecular formula is C34H25N3O2. The fraction of sp³-hybridized carbons (Fsp3) is 0.0588. The standard InChI is InChI=1S/C34H25N3O2/c1-4-39-32-7-5-6-29-31(36-34(38)33(29)32)21-25-13-12-24-20-28(18-19-30(24)35-25)37(26-14-8-22(2)9-15-26)27-16-10-23(3)11-17-27/h1,5-21H,2-3H3,(H,36,38)/b31-21+. The number of carbonyl (C=O) groups excluding carboxylic acids is 1. The van der Waals surface area contributed by atoms with Crippen LogP contribution < -0.4 is 15.0 Å². The van der Waals surface area contributed by atoms with E-state index in [4.69, 9.17) is 16.1 Å². The molecule has 0 saturated carbocycles. The number of terminal acetylenes is 1. The first-order valence-corrected chi connectivity index (χ1v) is 12.6. The highest BCUT2D eigenvalue weighted by atomic mass is 16.5. The minimum Gasteiger partial charge on any atom is -0.407 e.